The van der Waals surface area contributed by atoms with Crippen LogP contribution in [0.25, 0.3) is 0 Å². The second kappa shape index (κ2) is 11.0. The lowest BCUT2D eigenvalue weighted by atomic mass is 10.1. The Morgan fingerprint density at radius 3 is 2.06 bits per heavy atom. The zero-order valence-electron chi connectivity index (χ0n) is 19.5. The molecule has 0 aromatic heterocycles. The van der Waals surface area contributed by atoms with Crippen LogP contribution in [0.5, 0.6) is 5.75 Å². The maximum Gasteiger partial charge on any atom is 0.244 e. The number of aryl methyl sites for hydroxylation is 1. The fraction of sp³-hybridized carbons (Fsp3) is 0.409. The number of rotatable bonds is 11. The molecule has 1 amide bonds. The summed E-state index contributed by atoms with van der Waals surface area (Å²) >= 11 is 0. The predicted molar refractivity (Wildman–Crippen MR) is 128 cm³/mol. The minimum Gasteiger partial charge on any atom is -0.492 e. The summed E-state index contributed by atoms with van der Waals surface area (Å²) in [4.78, 5) is 12.9. The van der Waals surface area contributed by atoms with Crippen molar-refractivity contribution in [2.45, 2.75) is 31.2 Å². The van der Waals surface area contributed by atoms with Crippen molar-refractivity contribution in [1.29, 1.82) is 0 Å². The largest absolute Gasteiger partial charge is 0.492 e. The number of carbonyl (C=O) groups excluding carboxylic acids is 1. The van der Waals surface area contributed by atoms with E-state index in [-0.39, 0.29) is 24.5 Å². The highest BCUT2D eigenvalue weighted by molar-refractivity contribution is 7.92. The number of anilines is 1. The highest BCUT2D eigenvalue weighted by atomic mass is 32.2. The van der Waals surface area contributed by atoms with E-state index < -0.39 is 32.0 Å². The van der Waals surface area contributed by atoms with Crippen LogP contribution in [0.1, 0.15) is 18.9 Å². The Labute approximate surface area is 196 Å². The number of amides is 1. The van der Waals surface area contributed by atoms with E-state index >= 15 is 0 Å². The molecule has 0 saturated heterocycles. The van der Waals surface area contributed by atoms with E-state index in [1.165, 1.54) is 38.4 Å². The molecule has 2 rings (SSSR count). The summed E-state index contributed by atoms with van der Waals surface area (Å²) in [6.45, 7) is 3.92. The van der Waals surface area contributed by atoms with Gasteiger partial charge < -0.3 is 10.1 Å². The molecule has 0 fully saturated rings. The van der Waals surface area contributed by atoms with Gasteiger partial charge in [0, 0.05) is 14.1 Å². The highest BCUT2D eigenvalue weighted by Gasteiger charge is 2.31. The van der Waals surface area contributed by atoms with Crippen LogP contribution >= 0.6 is 0 Å². The summed E-state index contributed by atoms with van der Waals surface area (Å²) in [7, 11) is -4.31. The van der Waals surface area contributed by atoms with Gasteiger partial charge in [-0.25, -0.2) is 21.1 Å². The summed E-state index contributed by atoms with van der Waals surface area (Å²) < 4.78 is 56.9. The first kappa shape index (κ1) is 26.6. The van der Waals surface area contributed by atoms with E-state index in [0.29, 0.717) is 11.4 Å². The zero-order valence-corrected chi connectivity index (χ0v) is 21.1. The van der Waals surface area contributed by atoms with Crippen molar-refractivity contribution < 1.29 is 26.4 Å². The Balaban J connectivity index is 2.00. The minimum absolute atomic E-state index is 0.130. The van der Waals surface area contributed by atoms with Crippen molar-refractivity contribution in [3.63, 3.8) is 0 Å². The second-order valence-corrected chi connectivity index (χ2v) is 11.7. The van der Waals surface area contributed by atoms with Crippen LogP contribution in [-0.4, -0.2) is 66.6 Å². The van der Waals surface area contributed by atoms with Gasteiger partial charge in [0.15, 0.2) is 0 Å². The van der Waals surface area contributed by atoms with Crippen molar-refractivity contribution in [3.8, 4) is 5.75 Å². The van der Waals surface area contributed by atoms with Gasteiger partial charge in [0.05, 0.1) is 23.4 Å². The summed E-state index contributed by atoms with van der Waals surface area (Å²) in [5.74, 6) is 0.0194. The topological polar surface area (TPSA) is 113 Å². The molecular formula is C22H31N3O6S2. The van der Waals surface area contributed by atoms with E-state index in [4.69, 9.17) is 4.74 Å². The smallest absolute Gasteiger partial charge is 0.244 e. The van der Waals surface area contributed by atoms with Crippen LogP contribution in [0.4, 0.5) is 5.69 Å². The van der Waals surface area contributed by atoms with E-state index in [1.54, 1.807) is 31.2 Å². The molecule has 0 aliphatic heterocycles. The molecule has 0 bridgehead atoms. The molecular weight excluding hydrogens is 466 g/mol. The van der Waals surface area contributed by atoms with Gasteiger partial charge in [0.1, 0.15) is 18.4 Å². The molecule has 9 nitrogen and oxygen atoms in total. The number of benzene rings is 2. The molecule has 2 aromatic rings. The number of hydrogen-bond acceptors (Lipinski definition) is 6. The molecule has 0 aliphatic rings. The van der Waals surface area contributed by atoms with E-state index in [9.17, 15) is 21.6 Å². The first-order valence-electron chi connectivity index (χ1n) is 10.4. The minimum atomic E-state index is -3.69. The van der Waals surface area contributed by atoms with Crippen LogP contribution in [0.15, 0.2) is 53.4 Å². The van der Waals surface area contributed by atoms with Crippen LogP contribution in [0, 0.1) is 6.92 Å². The normalized spacial score (nSPS) is 12.9. The number of ether oxygens (including phenoxy) is 1. The number of nitrogens with one attached hydrogen (secondary N) is 1. The molecule has 182 valence electrons. The standard InChI is InChI=1S/C22H31N3O6S2/c1-6-21(25(32(5,27)28)18-9-7-17(2)8-10-18)22(26)23-15-16-31-19-11-13-20(14-12-19)33(29,30)24(3)4/h7-14,21H,6,15-16H2,1-5H3,(H,23,26)/t21-/m1/s1. The van der Waals surface area contributed by atoms with Gasteiger partial charge in [-0.15, -0.1) is 0 Å². The molecule has 0 aliphatic carbocycles. The van der Waals surface area contributed by atoms with E-state index in [1.807, 2.05) is 6.92 Å². The number of hydrogen-bond donors (Lipinski definition) is 1. The number of carbonyl (C=O) groups is 1. The Kier molecular flexibility index (Phi) is 8.87. The van der Waals surface area contributed by atoms with Crippen LogP contribution < -0.4 is 14.4 Å². The summed E-state index contributed by atoms with van der Waals surface area (Å²) in [5, 5.41) is 2.72. The van der Waals surface area contributed by atoms with Gasteiger partial charge in [0.25, 0.3) is 0 Å². The van der Waals surface area contributed by atoms with Gasteiger partial charge in [-0.2, -0.15) is 0 Å². The molecule has 33 heavy (non-hydrogen) atoms. The maximum atomic E-state index is 12.8. The van der Waals surface area contributed by atoms with Crippen molar-refractivity contribution in [3.05, 3.63) is 54.1 Å². The molecule has 0 spiro atoms. The maximum absolute atomic E-state index is 12.8. The molecule has 0 heterocycles. The molecule has 2 aromatic carbocycles. The first-order valence-corrected chi connectivity index (χ1v) is 13.7. The average molecular weight is 498 g/mol. The van der Waals surface area contributed by atoms with Crippen LogP contribution in [0.2, 0.25) is 0 Å². The third kappa shape index (κ3) is 6.92. The van der Waals surface area contributed by atoms with Crippen molar-refractivity contribution in [1.82, 2.24) is 9.62 Å². The second-order valence-electron chi connectivity index (χ2n) is 7.72. The van der Waals surface area contributed by atoms with E-state index in [2.05, 4.69) is 5.32 Å². The third-order valence-corrected chi connectivity index (χ3v) is 7.90. The lowest BCUT2D eigenvalue weighted by molar-refractivity contribution is -0.122. The quantitative estimate of drug-likeness (QED) is 0.475. The third-order valence-electron chi connectivity index (χ3n) is 4.89. The molecule has 1 N–H and O–H groups in total. The van der Waals surface area contributed by atoms with Gasteiger partial charge in [-0.05, 0) is 49.7 Å². The Bertz CT molecular complexity index is 1150. The lowest BCUT2D eigenvalue weighted by Gasteiger charge is -2.30. The van der Waals surface area contributed by atoms with Crippen LogP contribution in [-0.2, 0) is 24.8 Å². The summed E-state index contributed by atoms with van der Waals surface area (Å²) in [6.07, 6.45) is 1.36. The van der Waals surface area contributed by atoms with E-state index in [0.717, 1.165) is 20.4 Å². The molecule has 0 saturated carbocycles. The van der Waals surface area contributed by atoms with Gasteiger partial charge in [0.2, 0.25) is 26.0 Å². The van der Waals surface area contributed by atoms with Gasteiger partial charge >= 0.3 is 0 Å². The summed E-state index contributed by atoms with van der Waals surface area (Å²) in [5.41, 5.74) is 1.41. The first-order chi connectivity index (χ1) is 15.4. The average Bonchev–Trinajstić information content (AvgIpc) is 2.75. The van der Waals surface area contributed by atoms with Crippen molar-refractivity contribution in [2.75, 3.05) is 37.8 Å². The van der Waals surface area contributed by atoms with Crippen molar-refractivity contribution >= 4 is 31.6 Å². The van der Waals surface area contributed by atoms with Gasteiger partial charge in [-0.3, -0.25) is 9.10 Å². The van der Waals surface area contributed by atoms with Crippen LogP contribution in [0.3, 0.4) is 0 Å². The Morgan fingerprint density at radius 2 is 1.58 bits per heavy atom. The van der Waals surface area contributed by atoms with Gasteiger partial charge in [-0.1, -0.05) is 24.6 Å². The molecule has 1 atom stereocenters. The zero-order chi connectivity index (χ0) is 24.8. The lowest BCUT2D eigenvalue weighted by Crippen LogP contribution is -2.50. The predicted octanol–water partition coefficient (Wildman–Crippen LogP) is 1.99. The number of sulfonamides is 2. The van der Waals surface area contributed by atoms with Crippen molar-refractivity contribution in [2.24, 2.45) is 0 Å². The Morgan fingerprint density at radius 1 is 1.00 bits per heavy atom. The fourth-order valence-electron chi connectivity index (χ4n) is 3.13. The molecule has 0 radical (unpaired) electrons. The number of nitrogens with zero attached hydrogens (tertiary/aromatic N) is 2. The summed E-state index contributed by atoms with van der Waals surface area (Å²) in [6, 6.07) is 12.0. The SMILES string of the molecule is CC[C@H](C(=O)NCCOc1ccc(S(=O)(=O)N(C)C)cc1)N(c1ccc(C)cc1)S(C)(=O)=O. The molecule has 11 heteroatoms. The molecule has 0 unspecified atom stereocenters. The Hall–Kier alpha value is -2.63. The monoisotopic (exact) mass is 497 g/mol. The highest BCUT2D eigenvalue weighted by Crippen LogP contribution is 2.23. The fourth-order valence-corrected chi connectivity index (χ4v) is 5.24.